The van der Waals surface area contributed by atoms with Gasteiger partial charge in [-0.15, -0.1) is 11.3 Å². The minimum atomic E-state index is 0.755. The average Bonchev–Trinajstić information content (AvgIpc) is 2.63. The maximum atomic E-state index is 4.90. The highest BCUT2D eigenvalue weighted by atomic mass is 32.1. The molecule has 0 unspecified atom stereocenters. The lowest BCUT2D eigenvalue weighted by Gasteiger charge is -1.98. The minimum Gasteiger partial charge on any atom is -0.383 e. The fourth-order valence-corrected chi connectivity index (χ4v) is 1.37. The van der Waals surface area contributed by atoms with Crippen LogP contribution in [0.4, 0.5) is 0 Å². The van der Waals surface area contributed by atoms with Gasteiger partial charge in [0.15, 0.2) is 0 Å². The third-order valence-electron chi connectivity index (χ3n) is 1.49. The molecule has 3 nitrogen and oxygen atoms in total. The van der Waals surface area contributed by atoms with Gasteiger partial charge in [0.2, 0.25) is 0 Å². The Morgan fingerprint density at radius 3 is 3.31 bits per heavy atom. The first kappa shape index (κ1) is 10.4. The maximum Gasteiger partial charge on any atom is 0.0798 e. The summed E-state index contributed by atoms with van der Waals surface area (Å²) >= 11 is 1.61. The Morgan fingerprint density at radius 1 is 1.69 bits per heavy atom. The molecule has 0 radical (unpaired) electrons. The summed E-state index contributed by atoms with van der Waals surface area (Å²) in [6.07, 6.45) is 4.07. The third-order valence-corrected chi connectivity index (χ3v) is 2.09. The van der Waals surface area contributed by atoms with Crippen LogP contribution in [-0.4, -0.2) is 31.8 Å². The van der Waals surface area contributed by atoms with E-state index in [4.69, 9.17) is 4.74 Å². The van der Waals surface area contributed by atoms with Crippen LogP contribution in [-0.2, 0) is 4.74 Å². The summed E-state index contributed by atoms with van der Waals surface area (Å²) in [5.74, 6) is 0. The number of ether oxygens (including phenoxy) is 1. The molecular formula is C9H14N2OS. The van der Waals surface area contributed by atoms with Crippen molar-refractivity contribution < 1.29 is 4.74 Å². The summed E-state index contributed by atoms with van der Waals surface area (Å²) in [6.45, 7) is 2.50. The van der Waals surface area contributed by atoms with Gasteiger partial charge in [0, 0.05) is 25.6 Å². The van der Waals surface area contributed by atoms with E-state index < -0.39 is 0 Å². The highest BCUT2D eigenvalue weighted by molar-refractivity contribution is 7.07. The molecule has 1 aromatic rings. The van der Waals surface area contributed by atoms with Gasteiger partial charge in [-0.25, -0.2) is 4.98 Å². The maximum absolute atomic E-state index is 4.90. The van der Waals surface area contributed by atoms with Crippen LogP contribution in [0.5, 0.6) is 0 Å². The van der Waals surface area contributed by atoms with Gasteiger partial charge in [0.05, 0.1) is 17.8 Å². The van der Waals surface area contributed by atoms with Crippen LogP contribution in [0, 0.1) is 0 Å². The highest BCUT2D eigenvalue weighted by Crippen LogP contribution is 2.01. The van der Waals surface area contributed by atoms with Crippen LogP contribution < -0.4 is 5.32 Å². The molecule has 0 saturated carbocycles. The van der Waals surface area contributed by atoms with Crippen molar-refractivity contribution in [2.45, 2.75) is 0 Å². The Kier molecular flexibility index (Phi) is 5.40. The van der Waals surface area contributed by atoms with Gasteiger partial charge < -0.3 is 10.1 Å². The van der Waals surface area contributed by atoms with Gasteiger partial charge in [0.25, 0.3) is 0 Å². The van der Waals surface area contributed by atoms with Crippen molar-refractivity contribution in [1.29, 1.82) is 0 Å². The van der Waals surface area contributed by atoms with Crippen molar-refractivity contribution in [3.8, 4) is 0 Å². The van der Waals surface area contributed by atoms with E-state index in [1.807, 2.05) is 17.0 Å². The zero-order valence-electron chi connectivity index (χ0n) is 7.69. The van der Waals surface area contributed by atoms with Crippen LogP contribution in [0.25, 0.3) is 6.08 Å². The zero-order chi connectivity index (χ0) is 9.36. The van der Waals surface area contributed by atoms with Crippen molar-refractivity contribution in [3.05, 3.63) is 22.7 Å². The van der Waals surface area contributed by atoms with Crippen LogP contribution in [0.2, 0.25) is 0 Å². The standard InChI is InChI=1S/C9H14N2OS/c1-12-6-5-10-4-2-3-9-7-13-8-11-9/h2-3,7-8,10H,4-6H2,1H3/b3-2+. The van der Waals surface area contributed by atoms with Gasteiger partial charge in [-0.05, 0) is 6.08 Å². The molecular weight excluding hydrogens is 184 g/mol. The molecule has 0 aliphatic rings. The third kappa shape index (κ3) is 4.77. The molecule has 0 bridgehead atoms. The predicted molar refractivity (Wildman–Crippen MR) is 55.9 cm³/mol. The lowest BCUT2D eigenvalue weighted by molar-refractivity contribution is 0.200. The smallest absolute Gasteiger partial charge is 0.0798 e. The van der Waals surface area contributed by atoms with Gasteiger partial charge in [-0.3, -0.25) is 0 Å². The van der Waals surface area contributed by atoms with Crippen LogP contribution in [0.1, 0.15) is 5.69 Å². The lowest BCUT2D eigenvalue weighted by Crippen LogP contribution is -2.18. The summed E-state index contributed by atoms with van der Waals surface area (Å²) in [5, 5.41) is 5.23. The van der Waals surface area contributed by atoms with Crippen LogP contribution in [0.3, 0.4) is 0 Å². The summed E-state index contributed by atoms with van der Waals surface area (Å²) in [4.78, 5) is 4.13. The number of hydrogen-bond donors (Lipinski definition) is 1. The largest absolute Gasteiger partial charge is 0.383 e. The summed E-state index contributed by atoms with van der Waals surface area (Å²) < 4.78 is 4.90. The van der Waals surface area contributed by atoms with Crippen LogP contribution >= 0.6 is 11.3 Å². The van der Waals surface area contributed by atoms with Gasteiger partial charge in [0.1, 0.15) is 0 Å². The van der Waals surface area contributed by atoms with E-state index in [9.17, 15) is 0 Å². The molecule has 1 heterocycles. The predicted octanol–water partition coefficient (Wildman–Crippen LogP) is 1.39. The first-order valence-corrected chi connectivity index (χ1v) is 5.12. The normalized spacial score (nSPS) is 11.2. The number of nitrogens with zero attached hydrogens (tertiary/aromatic N) is 1. The molecule has 1 N–H and O–H groups in total. The second-order valence-corrected chi connectivity index (χ2v) is 3.23. The molecule has 0 amide bonds. The van der Waals surface area contributed by atoms with Crippen molar-refractivity contribution in [1.82, 2.24) is 10.3 Å². The molecule has 13 heavy (non-hydrogen) atoms. The molecule has 0 fully saturated rings. The molecule has 0 aliphatic carbocycles. The molecule has 1 rings (SSSR count). The molecule has 1 aromatic heterocycles. The Labute approximate surface area is 82.5 Å². The summed E-state index contributed by atoms with van der Waals surface area (Å²) in [7, 11) is 1.70. The number of thiazole rings is 1. The van der Waals surface area contributed by atoms with Crippen molar-refractivity contribution in [2.75, 3.05) is 26.8 Å². The Balaban J connectivity index is 2.05. The molecule has 72 valence electrons. The molecule has 0 atom stereocenters. The Hall–Kier alpha value is -0.710. The van der Waals surface area contributed by atoms with E-state index in [1.54, 1.807) is 18.4 Å². The van der Waals surface area contributed by atoms with E-state index in [0.29, 0.717) is 0 Å². The fourth-order valence-electron chi connectivity index (χ4n) is 0.843. The number of nitrogens with one attached hydrogen (secondary N) is 1. The monoisotopic (exact) mass is 198 g/mol. The molecule has 4 heteroatoms. The van der Waals surface area contributed by atoms with Crippen molar-refractivity contribution in [3.63, 3.8) is 0 Å². The van der Waals surface area contributed by atoms with Gasteiger partial charge in [-0.1, -0.05) is 6.08 Å². The lowest BCUT2D eigenvalue weighted by atomic mass is 10.4. The van der Waals surface area contributed by atoms with Gasteiger partial charge in [-0.2, -0.15) is 0 Å². The first-order chi connectivity index (χ1) is 6.43. The van der Waals surface area contributed by atoms with Gasteiger partial charge >= 0.3 is 0 Å². The van der Waals surface area contributed by atoms with E-state index in [2.05, 4.69) is 16.4 Å². The topological polar surface area (TPSA) is 34.1 Å². The Morgan fingerprint density at radius 2 is 2.62 bits per heavy atom. The molecule has 0 aromatic carbocycles. The zero-order valence-corrected chi connectivity index (χ0v) is 8.51. The minimum absolute atomic E-state index is 0.755. The number of aromatic nitrogens is 1. The van der Waals surface area contributed by atoms with Crippen molar-refractivity contribution >= 4 is 17.4 Å². The summed E-state index contributed by atoms with van der Waals surface area (Å²) in [6, 6.07) is 0. The quantitative estimate of drug-likeness (QED) is 0.701. The number of rotatable bonds is 6. The average molecular weight is 198 g/mol. The van der Waals surface area contributed by atoms with E-state index >= 15 is 0 Å². The van der Waals surface area contributed by atoms with E-state index in [-0.39, 0.29) is 0 Å². The summed E-state index contributed by atoms with van der Waals surface area (Å²) in [5.41, 5.74) is 2.86. The molecule has 0 spiro atoms. The number of hydrogen-bond acceptors (Lipinski definition) is 4. The first-order valence-electron chi connectivity index (χ1n) is 4.18. The van der Waals surface area contributed by atoms with Crippen molar-refractivity contribution in [2.24, 2.45) is 0 Å². The number of methoxy groups -OCH3 is 1. The second-order valence-electron chi connectivity index (χ2n) is 2.51. The fraction of sp³-hybridized carbons (Fsp3) is 0.444. The van der Waals surface area contributed by atoms with Crippen LogP contribution in [0.15, 0.2) is 17.0 Å². The SMILES string of the molecule is COCCNC/C=C/c1cscn1. The molecule has 0 aliphatic heterocycles. The highest BCUT2D eigenvalue weighted by Gasteiger charge is 1.85. The molecule has 0 saturated heterocycles. The van der Waals surface area contributed by atoms with E-state index in [1.165, 1.54) is 0 Å². The Bertz CT molecular complexity index is 234. The second kappa shape index (κ2) is 6.77. The van der Waals surface area contributed by atoms with E-state index in [0.717, 1.165) is 25.4 Å².